The maximum atomic E-state index is 11.6. The Kier molecular flexibility index (Phi) is 4.24. The number of aromatic nitrogens is 2. The van der Waals surface area contributed by atoms with Gasteiger partial charge < -0.3 is 20.4 Å². The van der Waals surface area contributed by atoms with Crippen LogP contribution in [0.3, 0.4) is 0 Å². The molecule has 106 valence electrons. The molecule has 0 radical (unpaired) electrons. The van der Waals surface area contributed by atoms with Crippen molar-refractivity contribution in [2.45, 2.75) is 20.0 Å². The highest BCUT2D eigenvalue weighted by atomic mass is 16.5. The van der Waals surface area contributed by atoms with E-state index in [4.69, 9.17) is 10.5 Å². The van der Waals surface area contributed by atoms with Gasteiger partial charge in [-0.25, -0.2) is 9.78 Å². The quantitative estimate of drug-likeness (QED) is 0.642. The van der Waals surface area contributed by atoms with E-state index < -0.39 is 5.97 Å². The third-order valence-electron chi connectivity index (χ3n) is 3.11. The van der Waals surface area contributed by atoms with Gasteiger partial charge >= 0.3 is 5.97 Å². The van der Waals surface area contributed by atoms with Crippen LogP contribution in [0.2, 0.25) is 0 Å². The molecule has 1 aromatic heterocycles. The zero-order valence-corrected chi connectivity index (χ0v) is 11.6. The number of hydrogen-bond donors (Lipinski definition) is 2. The molecule has 1 heterocycles. The molecule has 1 aromatic carbocycles. The van der Waals surface area contributed by atoms with E-state index >= 15 is 0 Å². The number of benzene rings is 1. The second kappa shape index (κ2) is 6.10. The average Bonchev–Trinajstić information content (AvgIpc) is 2.93. The van der Waals surface area contributed by atoms with Crippen molar-refractivity contribution in [3.05, 3.63) is 42.0 Å². The number of hydrogen-bond acceptors (Lipinski definition) is 5. The lowest BCUT2D eigenvalue weighted by atomic mass is 10.1. The number of para-hydroxylation sites is 1. The van der Waals surface area contributed by atoms with Crippen LogP contribution in [0.1, 0.15) is 23.0 Å². The predicted molar refractivity (Wildman–Crippen MR) is 77.4 cm³/mol. The summed E-state index contributed by atoms with van der Waals surface area (Å²) in [6.07, 6.45) is 3.59. The Morgan fingerprint density at radius 2 is 2.30 bits per heavy atom. The third kappa shape index (κ3) is 2.74. The van der Waals surface area contributed by atoms with Gasteiger partial charge in [-0.15, -0.1) is 0 Å². The number of imidazole rings is 1. The van der Waals surface area contributed by atoms with Crippen LogP contribution in [0.5, 0.6) is 0 Å². The van der Waals surface area contributed by atoms with Gasteiger partial charge in [0.15, 0.2) is 0 Å². The zero-order chi connectivity index (χ0) is 14.5. The molecule has 0 amide bonds. The molecule has 0 bridgehead atoms. The Bertz CT molecular complexity index is 607. The van der Waals surface area contributed by atoms with Crippen LogP contribution in [-0.2, 0) is 17.8 Å². The van der Waals surface area contributed by atoms with E-state index in [1.54, 1.807) is 24.7 Å². The summed E-state index contributed by atoms with van der Waals surface area (Å²) in [6.45, 7) is 3.49. The summed E-state index contributed by atoms with van der Waals surface area (Å²) in [5.74, 6) is -0.440. The highest BCUT2D eigenvalue weighted by molar-refractivity contribution is 5.98. The number of anilines is 2. The largest absolute Gasteiger partial charge is 0.465 e. The Morgan fingerprint density at radius 1 is 1.50 bits per heavy atom. The number of ether oxygens (including phenoxy) is 1. The maximum Gasteiger partial charge on any atom is 0.340 e. The van der Waals surface area contributed by atoms with Gasteiger partial charge in [-0.3, -0.25) is 0 Å². The van der Waals surface area contributed by atoms with E-state index in [0.29, 0.717) is 23.5 Å². The van der Waals surface area contributed by atoms with E-state index in [0.717, 1.165) is 12.2 Å². The number of esters is 1. The number of nitrogens with two attached hydrogens (primary N) is 1. The summed E-state index contributed by atoms with van der Waals surface area (Å²) < 4.78 is 6.73. The number of aryl methyl sites for hydroxylation is 1. The molecule has 20 heavy (non-hydrogen) atoms. The van der Waals surface area contributed by atoms with Crippen molar-refractivity contribution in [1.29, 1.82) is 0 Å². The van der Waals surface area contributed by atoms with Crippen LogP contribution in [0.15, 0.2) is 30.7 Å². The summed E-state index contributed by atoms with van der Waals surface area (Å²) in [5.41, 5.74) is 8.49. The van der Waals surface area contributed by atoms with Crippen molar-refractivity contribution in [2.75, 3.05) is 18.2 Å². The molecular weight excluding hydrogens is 256 g/mol. The first-order chi connectivity index (χ1) is 9.67. The Balaban J connectivity index is 2.16. The first kappa shape index (κ1) is 13.9. The van der Waals surface area contributed by atoms with Crippen molar-refractivity contribution < 1.29 is 9.53 Å². The molecule has 3 N–H and O–H groups in total. The van der Waals surface area contributed by atoms with Gasteiger partial charge in [0.2, 0.25) is 0 Å². The van der Waals surface area contributed by atoms with Gasteiger partial charge in [0.1, 0.15) is 0 Å². The van der Waals surface area contributed by atoms with Gasteiger partial charge in [-0.2, -0.15) is 0 Å². The Labute approximate surface area is 117 Å². The maximum absolute atomic E-state index is 11.6. The van der Waals surface area contributed by atoms with Crippen LogP contribution < -0.4 is 11.1 Å². The van der Waals surface area contributed by atoms with E-state index in [1.807, 2.05) is 10.6 Å². The topological polar surface area (TPSA) is 82.2 Å². The monoisotopic (exact) mass is 274 g/mol. The van der Waals surface area contributed by atoms with Gasteiger partial charge in [0.05, 0.1) is 42.6 Å². The van der Waals surface area contributed by atoms with Crippen LogP contribution >= 0.6 is 0 Å². The molecule has 0 unspecified atom stereocenters. The van der Waals surface area contributed by atoms with Crippen LogP contribution in [0.25, 0.3) is 0 Å². The first-order valence-electron chi connectivity index (χ1n) is 6.37. The van der Waals surface area contributed by atoms with Crippen molar-refractivity contribution >= 4 is 17.3 Å². The number of methoxy groups -OCH3 is 1. The number of nitrogen functional groups attached to an aromatic ring is 1. The molecule has 2 rings (SSSR count). The highest BCUT2D eigenvalue weighted by Gasteiger charge is 2.12. The lowest BCUT2D eigenvalue weighted by Crippen LogP contribution is -2.10. The average molecular weight is 274 g/mol. The molecule has 0 saturated carbocycles. The first-order valence-corrected chi connectivity index (χ1v) is 6.37. The van der Waals surface area contributed by atoms with E-state index in [9.17, 15) is 4.79 Å². The zero-order valence-electron chi connectivity index (χ0n) is 11.6. The molecule has 0 aliphatic rings. The number of nitrogens with one attached hydrogen (secondary N) is 1. The molecule has 0 saturated heterocycles. The molecule has 6 heteroatoms. The molecule has 0 aliphatic heterocycles. The number of carbonyl (C=O) groups excluding carboxylic acids is 1. The molecule has 0 aliphatic carbocycles. The van der Waals surface area contributed by atoms with Crippen LogP contribution in [0, 0.1) is 0 Å². The minimum atomic E-state index is -0.440. The fourth-order valence-electron chi connectivity index (χ4n) is 1.97. The van der Waals surface area contributed by atoms with Crippen LogP contribution in [-0.4, -0.2) is 22.6 Å². The van der Waals surface area contributed by atoms with Gasteiger partial charge in [-0.1, -0.05) is 6.07 Å². The summed E-state index contributed by atoms with van der Waals surface area (Å²) in [6, 6.07) is 5.24. The number of rotatable bonds is 5. The smallest absolute Gasteiger partial charge is 0.340 e. The fourth-order valence-corrected chi connectivity index (χ4v) is 1.97. The molecule has 0 fully saturated rings. The minimum Gasteiger partial charge on any atom is -0.465 e. The summed E-state index contributed by atoms with van der Waals surface area (Å²) in [5, 5.41) is 3.22. The number of nitrogens with zero attached hydrogens (tertiary/aromatic N) is 2. The highest BCUT2D eigenvalue weighted by Crippen LogP contribution is 2.23. The van der Waals surface area contributed by atoms with Gasteiger partial charge in [0, 0.05) is 12.7 Å². The minimum absolute atomic E-state index is 0.362. The summed E-state index contributed by atoms with van der Waals surface area (Å²) >= 11 is 0. The summed E-state index contributed by atoms with van der Waals surface area (Å²) in [4.78, 5) is 15.7. The van der Waals surface area contributed by atoms with Gasteiger partial charge in [-0.05, 0) is 19.1 Å². The second-order valence-corrected chi connectivity index (χ2v) is 4.28. The van der Waals surface area contributed by atoms with E-state index in [2.05, 4.69) is 17.2 Å². The molecule has 0 spiro atoms. The predicted octanol–water partition coefficient (Wildman–Crippen LogP) is 1.88. The van der Waals surface area contributed by atoms with E-state index in [1.165, 1.54) is 7.11 Å². The van der Waals surface area contributed by atoms with Crippen molar-refractivity contribution in [3.63, 3.8) is 0 Å². The van der Waals surface area contributed by atoms with E-state index in [-0.39, 0.29) is 0 Å². The second-order valence-electron chi connectivity index (χ2n) is 4.28. The molecule has 2 aromatic rings. The molecule has 6 nitrogen and oxygen atoms in total. The van der Waals surface area contributed by atoms with Crippen molar-refractivity contribution in [1.82, 2.24) is 9.55 Å². The Hall–Kier alpha value is -2.50. The molecular formula is C14H18N4O2. The normalized spacial score (nSPS) is 10.3. The van der Waals surface area contributed by atoms with Crippen molar-refractivity contribution in [2.24, 2.45) is 0 Å². The Morgan fingerprint density at radius 3 is 3.00 bits per heavy atom. The van der Waals surface area contributed by atoms with Crippen molar-refractivity contribution in [3.8, 4) is 0 Å². The van der Waals surface area contributed by atoms with Crippen LogP contribution in [0.4, 0.5) is 11.4 Å². The standard InChI is InChI=1S/C14H18N4O2/c1-3-18-9-16-7-10(18)8-17-12-6-4-5-11(13(12)15)14(19)20-2/h4-7,9,17H,3,8,15H2,1-2H3. The van der Waals surface area contributed by atoms with Gasteiger partial charge in [0.25, 0.3) is 0 Å². The molecule has 0 atom stereocenters. The third-order valence-corrected chi connectivity index (χ3v) is 3.11. The lowest BCUT2D eigenvalue weighted by Gasteiger charge is -2.12. The SMILES string of the molecule is CCn1cncc1CNc1cccc(C(=O)OC)c1N. The summed E-state index contributed by atoms with van der Waals surface area (Å²) in [7, 11) is 1.33. The fraction of sp³-hybridized carbons (Fsp3) is 0.286. The number of carbonyl (C=O) groups is 1. The lowest BCUT2D eigenvalue weighted by molar-refractivity contribution is 0.0602.